The Kier molecular flexibility index (Phi) is 1.90. The van der Waals surface area contributed by atoms with Crippen molar-refractivity contribution in [2.24, 2.45) is 0 Å². The molecular weight excluding hydrogens is 116 g/mol. The molecule has 0 aromatic heterocycles. The Morgan fingerprint density at radius 3 is 3.00 bits per heavy atom. The highest BCUT2D eigenvalue weighted by Gasteiger charge is 2.09. The van der Waals surface area contributed by atoms with Gasteiger partial charge in [-0.1, -0.05) is 6.08 Å². The zero-order chi connectivity index (χ0) is 6.69. The van der Waals surface area contributed by atoms with Crippen LogP contribution in [0, 0.1) is 6.92 Å². The number of hydrogen-bond acceptors (Lipinski definition) is 2. The van der Waals surface area contributed by atoms with Gasteiger partial charge in [-0.05, 0) is 25.0 Å². The third-order valence-electron chi connectivity index (χ3n) is 1.20. The number of hydrogen-bond donors (Lipinski definition) is 1. The summed E-state index contributed by atoms with van der Waals surface area (Å²) in [5, 5.41) is 8.99. The van der Waals surface area contributed by atoms with Crippen LogP contribution in [0.4, 0.5) is 0 Å². The Balaban J connectivity index is 2.63. The Labute approximate surface area is 54.5 Å². The molecule has 2 heteroatoms. The fourth-order valence-electron chi connectivity index (χ4n) is 0.659. The summed E-state index contributed by atoms with van der Waals surface area (Å²) in [5.41, 5.74) is 0.817. The van der Waals surface area contributed by atoms with Gasteiger partial charge < -0.3 is 9.84 Å². The predicted molar refractivity (Wildman–Crippen MR) is 34.3 cm³/mol. The Morgan fingerprint density at radius 1 is 1.78 bits per heavy atom. The van der Waals surface area contributed by atoms with E-state index in [1.165, 1.54) is 6.26 Å². The van der Waals surface area contributed by atoms with Crippen molar-refractivity contribution in [1.29, 1.82) is 0 Å². The van der Waals surface area contributed by atoms with Crippen molar-refractivity contribution in [2.75, 3.05) is 0 Å². The van der Waals surface area contributed by atoms with Crippen LogP contribution in [0.25, 0.3) is 0 Å². The van der Waals surface area contributed by atoms with Crippen LogP contribution >= 0.6 is 0 Å². The molecule has 0 aromatic rings. The highest BCUT2D eigenvalue weighted by molar-refractivity contribution is 5.17. The highest BCUT2D eigenvalue weighted by atomic mass is 16.6. The van der Waals surface area contributed by atoms with Gasteiger partial charge in [-0.3, -0.25) is 0 Å². The van der Waals surface area contributed by atoms with Gasteiger partial charge in [-0.25, -0.2) is 0 Å². The molecule has 0 saturated heterocycles. The lowest BCUT2D eigenvalue weighted by Crippen LogP contribution is -2.13. The highest BCUT2D eigenvalue weighted by Crippen LogP contribution is 2.12. The van der Waals surface area contributed by atoms with Crippen molar-refractivity contribution in [2.45, 2.75) is 12.7 Å². The number of aliphatic hydroxyl groups is 1. The smallest absolute Gasteiger partial charge is 0.219 e. The van der Waals surface area contributed by atoms with Crippen molar-refractivity contribution in [3.05, 3.63) is 30.9 Å². The van der Waals surface area contributed by atoms with Crippen LogP contribution in [0.3, 0.4) is 0 Å². The van der Waals surface area contributed by atoms with E-state index < -0.39 is 6.29 Å². The van der Waals surface area contributed by atoms with Crippen molar-refractivity contribution in [3.8, 4) is 0 Å². The van der Waals surface area contributed by atoms with Crippen LogP contribution in [0.1, 0.15) is 6.42 Å². The standard InChI is InChI=1S/C7H9O2/c1-2-6-4-3-5-9-7(6)8/h3-5,7-8H,1-2H2. The quantitative estimate of drug-likeness (QED) is 0.566. The topological polar surface area (TPSA) is 29.5 Å². The SMILES string of the molecule is [CH2]CC1=CC=COC1O. The van der Waals surface area contributed by atoms with Crippen molar-refractivity contribution in [3.63, 3.8) is 0 Å². The summed E-state index contributed by atoms with van der Waals surface area (Å²) in [7, 11) is 0. The Hall–Kier alpha value is -0.760. The summed E-state index contributed by atoms with van der Waals surface area (Å²) in [6.07, 6.45) is 4.83. The monoisotopic (exact) mass is 125 g/mol. The summed E-state index contributed by atoms with van der Waals surface area (Å²) >= 11 is 0. The van der Waals surface area contributed by atoms with Crippen LogP contribution in [-0.4, -0.2) is 11.4 Å². The van der Waals surface area contributed by atoms with E-state index in [2.05, 4.69) is 6.92 Å². The molecule has 1 rings (SSSR count). The largest absolute Gasteiger partial charge is 0.469 e. The van der Waals surface area contributed by atoms with Crippen LogP contribution in [0.5, 0.6) is 0 Å². The first-order chi connectivity index (χ1) is 4.34. The molecule has 2 nitrogen and oxygen atoms in total. The lowest BCUT2D eigenvalue weighted by molar-refractivity contribution is -0.0244. The second-order valence-electron chi connectivity index (χ2n) is 1.81. The molecule has 1 N–H and O–H groups in total. The maximum atomic E-state index is 8.99. The Morgan fingerprint density at radius 2 is 2.56 bits per heavy atom. The molecule has 0 fully saturated rings. The van der Waals surface area contributed by atoms with Gasteiger partial charge in [0.05, 0.1) is 6.26 Å². The van der Waals surface area contributed by atoms with E-state index in [4.69, 9.17) is 9.84 Å². The van der Waals surface area contributed by atoms with E-state index in [1.807, 2.05) is 0 Å². The zero-order valence-electron chi connectivity index (χ0n) is 5.08. The van der Waals surface area contributed by atoms with Crippen molar-refractivity contribution < 1.29 is 9.84 Å². The van der Waals surface area contributed by atoms with Crippen LogP contribution in [-0.2, 0) is 4.74 Å². The first-order valence-corrected chi connectivity index (χ1v) is 2.83. The van der Waals surface area contributed by atoms with Gasteiger partial charge in [0.15, 0.2) is 0 Å². The van der Waals surface area contributed by atoms with E-state index in [9.17, 15) is 0 Å². The van der Waals surface area contributed by atoms with Crippen LogP contribution < -0.4 is 0 Å². The molecule has 0 amide bonds. The summed E-state index contributed by atoms with van der Waals surface area (Å²) in [5.74, 6) is 0. The zero-order valence-corrected chi connectivity index (χ0v) is 5.08. The molecule has 0 saturated carbocycles. The maximum Gasteiger partial charge on any atom is 0.219 e. The summed E-state index contributed by atoms with van der Waals surface area (Å²) in [6, 6.07) is 0. The van der Waals surface area contributed by atoms with E-state index >= 15 is 0 Å². The number of ether oxygens (including phenoxy) is 1. The third-order valence-corrected chi connectivity index (χ3v) is 1.20. The number of aliphatic hydroxyl groups excluding tert-OH is 1. The number of rotatable bonds is 1. The fourth-order valence-corrected chi connectivity index (χ4v) is 0.659. The molecule has 1 aliphatic rings. The average molecular weight is 125 g/mol. The summed E-state index contributed by atoms with van der Waals surface area (Å²) in [6.45, 7) is 3.62. The molecular formula is C7H9O2. The minimum Gasteiger partial charge on any atom is -0.469 e. The van der Waals surface area contributed by atoms with Gasteiger partial charge in [0.2, 0.25) is 6.29 Å². The van der Waals surface area contributed by atoms with Gasteiger partial charge in [0, 0.05) is 0 Å². The molecule has 1 heterocycles. The molecule has 49 valence electrons. The molecule has 1 unspecified atom stereocenters. The van der Waals surface area contributed by atoms with Gasteiger partial charge in [0.25, 0.3) is 0 Å². The molecule has 0 bridgehead atoms. The normalized spacial score (nSPS) is 25.1. The number of allylic oxidation sites excluding steroid dienone is 2. The van der Waals surface area contributed by atoms with Gasteiger partial charge in [-0.15, -0.1) is 0 Å². The van der Waals surface area contributed by atoms with E-state index in [1.54, 1.807) is 12.2 Å². The summed E-state index contributed by atoms with van der Waals surface area (Å²) < 4.78 is 4.75. The third kappa shape index (κ3) is 1.33. The van der Waals surface area contributed by atoms with E-state index in [-0.39, 0.29) is 0 Å². The van der Waals surface area contributed by atoms with Gasteiger partial charge >= 0.3 is 0 Å². The summed E-state index contributed by atoms with van der Waals surface area (Å²) in [4.78, 5) is 0. The molecule has 1 atom stereocenters. The molecule has 1 aliphatic heterocycles. The minimum absolute atomic E-state index is 0.589. The van der Waals surface area contributed by atoms with Crippen LogP contribution in [0.15, 0.2) is 24.0 Å². The molecule has 0 spiro atoms. The molecule has 0 aromatic carbocycles. The maximum absolute atomic E-state index is 8.99. The Bertz CT molecular complexity index is 147. The van der Waals surface area contributed by atoms with Gasteiger partial charge in [-0.2, -0.15) is 0 Å². The average Bonchev–Trinajstić information content (AvgIpc) is 1.89. The molecule has 1 radical (unpaired) electrons. The van der Waals surface area contributed by atoms with E-state index in [0.717, 1.165) is 5.57 Å². The second kappa shape index (κ2) is 2.69. The van der Waals surface area contributed by atoms with Crippen LogP contribution in [0.2, 0.25) is 0 Å². The second-order valence-corrected chi connectivity index (χ2v) is 1.81. The molecule has 0 aliphatic carbocycles. The van der Waals surface area contributed by atoms with Crippen molar-refractivity contribution >= 4 is 0 Å². The van der Waals surface area contributed by atoms with Crippen molar-refractivity contribution in [1.82, 2.24) is 0 Å². The predicted octanol–water partition coefficient (Wildman–Crippen LogP) is 0.999. The van der Waals surface area contributed by atoms with Gasteiger partial charge in [0.1, 0.15) is 0 Å². The first-order valence-electron chi connectivity index (χ1n) is 2.83. The first kappa shape index (κ1) is 6.36. The van der Waals surface area contributed by atoms with E-state index in [0.29, 0.717) is 6.42 Å². The lowest BCUT2D eigenvalue weighted by atomic mass is 10.1. The molecule has 9 heavy (non-hydrogen) atoms. The minimum atomic E-state index is -0.771. The fraction of sp³-hybridized carbons (Fsp3) is 0.286. The lowest BCUT2D eigenvalue weighted by Gasteiger charge is -2.14.